The Labute approximate surface area is 162 Å². The number of hydrogen-bond acceptors (Lipinski definition) is 3. The zero-order valence-electron chi connectivity index (χ0n) is 15.0. The Kier molecular flexibility index (Phi) is 4.62. The molecule has 0 saturated carbocycles. The summed E-state index contributed by atoms with van der Waals surface area (Å²) in [7, 11) is 0. The van der Waals surface area contributed by atoms with Crippen LogP contribution in [0.3, 0.4) is 0 Å². The van der Waals surface area contributed by atoms with Crippen LogP contribution in [0.25, 0.3) is 32.5 Å². The molecule has 132 valence electrons. The van der Waals surface area contributed by atoms with Crippen LogP contribution in [-0.4, -0.2) is 9.55 Å². The van der Waals surface area contributed by atoms with E-state index in [9.17, 15) is 4.79 Å². The van der Waals surface area contributed by atoms with Gasteiger partial charge in [-0.3, -0.25) is 9.36 Å². The Morgan fingerprint density at radius 1 is 1.04 bits per heavy atom. The maximum Gasteiger partial charge on any atom is 0.263 e. The number of rotatable bonds is 4. The molecule has 0 spiro atoms. The Morgan fingerprint density at radius 2 is 1.70 bits per heavy atom. The lowest BCUT2D eigenvalue weighted by Gasteiger charge is -2.09. The van der Waals surface area contributed by atoms with Gasteiger partial charge in [-0.2, -0.15) is 0 Å². The third-order valence-corrected chi connectivity index (χ3v) is 5.51. The minimum absolute atomic E-state index is 0.0572. The number of thiophene rings is 1. The van der Waals surface area contributed by atoms with Gasteiger partial charge < -0.3 is 0 Å². The van der Waals surface area contributed by atoms with E-state index in [0.717, 1.165) is 27.3 Å². The molecule has 0 saturated heterocycles. The summed E-state index contributed by atoms with van der Waals surface area (Å²) in [6, 6.07) is 18.5. The van der Waals surface area contributed by atoms with Gasteiger partial charge in [0.2, 0.25) is 0 Å². The maximum absolute atomic E-state index is 13.1. The molecule has 0 aliphatic carbocycles. The average Bonchev–Trinajstić information content (AvgIpc) is 3.15. The molecule has 4 rings (SSSR count). The van der Waals surface area contributed by atoms with Crippen LogP contribution >= 0.6 is 11.3 Å². The van der Waals surface area contributed by atoms with E-state index in [1.54, 1.807) is 4.57 Å². The number of nitrogens with zero attached hydrogens (tertiary/aromatic N) is 2. The van der Waals surface area contributed by atoms with Gasteiger partial charge in [0.15, 0.2) is 0 Å². The first-order valence-corrected chi connectivity index (χ1v) is 9.71. The molecule has 2 aromatic carbocycles. The quantitative estimate of drug-likeness (QED) is 0.475. The topological polar surface area (TPSA) is 34.9 Å². The van der Waals surface area contributed by atoms with Crippen molar-refractivity contribution in [1.82, 2.24) is 9.55 Å². The summed E-state index contributed by atoms with van der Waals surface area (Å²) in [5, 5.41) is 2.66. The van der Waals surface area contributed by atoms with Gasteiger partial charge >= 0.3 is 0 Å². The van der Waals surface area contributed by atoms with Crippen LogP contribution in [0.1, 0.15) is 12.7 Å². The molecule has 0 unspecified atom stereocenters. The molecular formula is C23H18N2OS. The van der Waals surface area contributed by atoms with E-state index in [1.165, 1.54) is 16.9 Å². The molecule has 0 aliphatic heterocycles. The highest BCUT2D eigenvalue weighted by atomic mass is 32.1. The van der Waals surface area contributed by atoms with Crippen molar-refractivity contribution >= 4 is 21.6 Å². The average molecular weight is 370 g/mol. The van der Waals surface area contributed by atoms with Crippen LogP contribution in [0.15, 0.2) is 64.8 Å². The molecule has 0 radical (unpaired) electrons. The van der Waals surface area contributed by atoms with Crippen LogP contribution in [0.5, 0.6) is 0 Å². The summed E-state index contributed by atoms with van der Waals surface area (Å²) in [5.41, 5.74) is 4.19. The lowest BCUT2D eigenvalue weighted by molar-refractivity contribution is 0.712. The molecule has 0 N–H and O–H groups in total. The van der Waals surface area contributed by atoms with Crippen LogP contribution in [0.2, 0.25) is 0 Å². The van der Waals surface area contributed by atoms with Crippen molar-refractivity contribution in [3.8, 4) is 34.6 Å². The van der Waals surface area contributed by atoms with Crippen molar-refractivity contribution in [1.29, 1.82) is 0 Å². The van der Waals surface area contributed by atoms with E-state index in [0.29, 0.717) is 11.8 Å². The van der Waals surface area contributed by atoms with Crippen molar-refractivity contribution < 1.29 is 0 Å². The number of fused-ring (bicyclic) bond motifs is 1. The molecule has 27 heavy (non-hydrogen) atoms. The lowest BCUT2D eigenvalue weighted by atomic mass is 10.0. The fourth-order valence-corrected chi connectivity index (χ4v) is 4.23. The monoisotopic (exact) mass is 370 g/mol. The maximum atomic E-state index is 13.1. The normalized spacial score (nSPS) is 10.8. The van der Waals surface area contributed by atoms with Gasteiger partial charge in [0.25, 0.3) is 5.56 Å². The van der Waals surface area contributed by atoms with Gasteiger partial charge in [0.05, 0.1) is 11.9 Å². The van der Waals surface area contributed by atoms with Crippen molar-refractivity contribution in [3.05, 3.63) is 76.2 Å². The molecule has 0 fully saturated rings. The van der Waals surface area contributed by atoms with Crippen molar-refractivity contribution in [2.45, 2.75) is 19.9 Å². The van der Waals surface area contributed by atoms with Gasteiger partial charge in [-0.1, -0.05) is 67.4 Å². The summed E-state index contributed by atoms with van der Waals surface area (Å²) >= 11 is 1.50. The van der Waals surface area contributed by atoms with E-state index in [-0.39, 0.29) is 12.1 Å². The predicted molar refractivity (Wildman–Crippen MR) is 113 cm³/mol. The molecule has 0 amide bonds. The van der Waals surface area contributed by atoms with E-state index < -0.39 is 0 Å². The van der Waals surface area contributed by atoms with Gasteiger partial charge in [-0.15, -0.1) is 17.8 Å². The summed E-state index contributed by atoms with van der Waals surface area (Å²) in [5.74, 6) is 3.30. The third kappa shape index (κ3) is 3.07. The zero-order chi connectivity index (χ0) is 18.8. The summed E-state index contributed by atoms with van der Waals surface area (Å²) < 4.78 is 1.61. The smallest absolute Gasteiger partial charge is 0.263 e. The molecule has 4 aromatic rings. The van der Waals surface area contributed by atoms with Crippen molar-refractivity contribution in [2.75, 3.05) is 0 Å². The predicted octanol–water partition coefficient (Wildman–Crippen LogP) is 4.99. The molecule has 0 aliphatic rings. The SMILES string of the molecule is C#CCn1c(CC)nc2scc(-c3ccc(-c4ccccc4)cc3)c2c1=O. The first kappa shape index (κ1) is 17.3. The molecule has 4 heteroatoms. The number of hydrogen-bond donors (Lipinski definition) is 0. The number of aromatic nitrogens is 2. The molecular weight excluding hydrogens is 352 g/mol. The highest BCUT2D eigenvalue weighted by Gasteiger charge is 2.16. The molecule has 0 atom stereocenters. The summed E-state index contributed by atoms with van der Waals surface area (Å²) in [4.78, 5) is 18.5. The van der Waals surface area contributed by atoms with Gasteiger partial charge in [-0.25, -0.2) is 4.98 Å². The summed E-state index contributed by atoms with van der Waals surface area (Å²) in [6.45, 7) is 2.23. The third-order valence-electron chi connectivity index (χ3n) is 4.64. The minimum atomic E-state index is -0.0572. The second-order valence-electron chi connectivity index (χ2n) is 6.25. The van der Waals surface area contributed by atoms with Crippen LogP contribution < -0.4 is 5.56 Å². The largest absolute Gasteiger partial charge is 0.284 e. The van der Waals surface area contributed by atoms with Crippen molar-refractivity contribution in [3.63, 3.8) is 0 Å². The molecule has 3 nitrogen and oxygen atoms in total. The van der Waals surface area contributed by atoms with Gasteiger partial charge in [0.1, 0.15) is 10.7 Å². The van der Waals surface area contributed by atoms with Crippen LogP contribution in [0.4, 0.5) is 0 Å². The second-order valence-corrected chi connectivity index (χ2v) is 7.11. The van der Waals surface area contributed by atoms with E-state index >= 15 is 0 Å². The second kappa shape index (κ2) is 7.22. The van der Waals surface area contributed by atoms with Gasteiger partial charge in [-0.05, 0) is 16.7 Å². The zero-order valence-corrected chi connectivity index (χ0v) is 15.8. The molecule has 0 bridgehead atoms. The number of terminal acetylenes is 1. The number of benzene rings is 2. The van der Waals surface area contributed by atoms with Crippen molar-refractivity contribution in [2.24, 2.45) is 0 Å². The first-order chi connectivity index (χ1) is 13.2. The van der Waals surface area contributed by atoms with E-state index in [1.807, 2.05) is 30.5 Å². The lowest BCUT2D eigenvalue weighted by Crippen LogP contribution is -2.24. The Balaban J connectivity index is 1.84. The first-order valence-electron chi connectivity index (χ1n) is 8.83. The van der Waals surface area contributed by atoms with E-state index in [4.69, 9.17) is 6.42 Å². The van der Waals surface area contributed by atoms with Gasteiger partial charge in [0, 0.05) is 17.4 Å². The minimum Gasteiger partial charge on any atom is -0.284 e. The molecule has 2 aromatic heterocycles. The van der Waals surface area contributed by atoms with Crippen LogP contribution in [-0.2, 0) is 13.0 Å². The fraction of sp³-hybridized carbons (Fsp3) is 0.130. The Bertz CT molecular complexity index is 1200. The highest BCUT2D eigenvalue weighted by molar-refractivity contribution is 7.17. The van der Waals surface area contributed by atoms with Crippen LogP contribution in [0, 0.1) is 12.3 Å². The highest BCUT2D eigenvalue weighted by Crippen LogP contribution is 2.32. The fourth-order valence-electron chi connectivity index (χ4n) is 3.28. The number of aryl methyl sites for hydroxylation is 1. The summed E-state index contributed by atoms with van der Waals surface area (Å²) in [6.07, 6.45) is 6.13. The standard InChI is InChI=1S/C23H18N2OS/c1-3-14-25-20(4-2)24-22-21(23(25)26)19(15-27-22)18-12-10-17(11-13-18)16-8-6-5-7-9-16/h1,5-13,15H,4,14H2,2H3. The molecule has 2 heterocycles. The van der Waals surface area contributed by atoms with E-state index in [2.05, 4.69) is 47.3 Å². The Morgan fingerprint density at radius 3 is 2.37 bits per heavy atom. The Hall–Kier alpha value is -3.16.